The second-order valence-electron chi connectivity index (χ2n) is 7.66. The molecule has 3 rings (SSSR count). The normalized spacial score (nSPS) is 16.4. The average Bonchev–Trinajstić information content (AvgIpc) is 3.09. The molecule has 0 aliphatic carbocycles. The molecule has 0 N–H and O–H groups in total. The summed E-state index contributed by atoms with van der Waals surface area (Å²) in [6.07, 6.45) is 5.09. The minimum Gasteiger partial charge on any atom is -0.444 e. The topological polar surface area (TPSA) is 46.6 Å². The standard InChI is InChI=1S/C19H25NO3S2/c1-19(2,3)23-18(22)20-8-6-13(7-9-20)4-5-14-10-16-17(24-14)11-15(12-21)25-16/h10-13H,4-9H2,1-3H3. The maximum absolute atomic E-state index is 12.1. The molecule has 0 unspecified atom stereocenters. The van der Waals surface area contributed by atoms with Gasteiger partial charge in [0.2, 0.25) is 0 Å². The SMILES string of the molecule is CC(C)(C)OC(=O)N1CCC(CCc2cc3sc(C=O)cc3s2)CC1. The van der Waals surface area contributed by atoms with Crippen LogP contribution in [0.1, 0.15) is 54.6 Å². The fourth-order valence-electron chi connectivity index (χ4n) is 3.16. The number of carbonyl (C=O) groups excluding carboxylic acids is 2. The highest BCUT2D eigenvalue weighted by molar-refractivity contribution is 7.28. The second-order valence-corrected chi connectivity index (χ2v) is 9.94. The smallest absolute Gasteiger partial charge is 0.410 e. The predicted octanol–water partition coefficient (Wildman–Crippen LogP) is 5.36. The zero-order chi connectivity index (χ0) is 18.0. The van der Waals surface area contributed by atoms with Crippen LogP contribution in [0.25, 0.3) is 9.40 Å². The van der Waals surface area contributed by atoms with Gasteiger partial charge in [0.25, 0.3) is 0 Å². The van der Waals surface area contributed by atoms with Crippen LogP contribution in [-0.4, -0.2) is 36.0 Å². The Morgan fingerprint density at radius 3 is 2.52 bits per heavy atom. The van der Waals surface area contributed by atoms with Crippen molar-refractivity contribution in [2.75, 3.05) is 13.1 Å². The Kier molecular flexibility index (Phi) is 5.49. The number of aldehydes is 1. The summed E-state index contributed by atoms with van der Waals surface area (Å²) >= 11 is 3.37. The van der Waals surface area contributed by atoms with E-state index in [1.807, 2.05) is 31.7 Å². The van der Waals surface area contributed by atoms with Crippen molar-refractivity contribution in [2.24, 2.45) is 5.92 Å². The van der Waals surface area contributed by atoms with E-state index in [2.05, 4.69) is 6.07 Å². The van der Waals surface area contributed by atoms with Gasteiger partial charge in [-0.2, -0.15) is 0 Å². The van der Waals surface area contributed by atoms with Crippen LogP contribution in [-0.2, 0) is 11.2 Å². The Morgan fingerprint density at radius 2 is 1.92 bits per heavy atom. The lowest BCUT2D eigenvalue weighted by Gasteiger charge is -2.33. The van der Waals surface area contributed by atoms with E-state index >= 15 is 0 Å². The predicted molar refractivity (Wildman–Crippen MR) is 104 cm³/mol. The first-order valence-corrected chi connectivity index (χ1v) is 10.4. The molecule has 1 aliphatic rings. The molecule has 2 aromatic heterocycles. The summed E-state index contributed by atoms with van der Waals surface area (Å²) in [5, 5.41) is 0. The zero-order valence-electron chi connectivity index (χ0n) is 15.0. The number of ether oxygens (including phenoxy) is 1. The third-order valence-electron chi connectivity index (χ3n) is 4.46. The van der Waals surface area contributed by atoms with Crippen molar-refractivity contribution >= 4 is 44.5 Å². The number of likely N-dealkylation sites (tertiary alicyclic amines) is 1. The van der Waals surface area contributed by atoms with E-state index in [0.717, 1.165) is 49.9 Å². The number of hydrogen-bond donors (Lipinski definition) is 0. The van der Waals surface area contributed by atoms with Gasteiger partial charge in [-0.1, -0.05) is 0 Å². The molecule has 6 heteroatoms. The van der Waals surface area contributed by atoms with Crippen LogP contribution in [0.4, 0.5) is 4.79 Å². The van der Waals surface area contributed by atoms with Crippen LogP contribution >= 0.6 is 22.7 Å². The van der Waals surface area contributed by atoms with Crippen LogP contribution in [0.15, 0.2) is 12.1 Å². The number of rotatable bonds is 4. The molecule has 0 aromatic carbocycles. The third kappa shape index (κ3) is 4.82. The van der Waals surface area contributed by atoms with Gasteiger partial charge in [0.1, 0.15) is 5.60 Å². The number of amides is 1. The van der Waals surface area contributed by atoms with Crippen LogP contribution in [0.3, 0.4) is 0 Å². The van der Waals surface area contributed by atoms with Crippen LogP contribution < -0.4 is 0 Å². The van der Waals surface area contributed by atoms with Gasteiger partial charge < -0.3 is 9.64 Å². The number of nitrogens with zero attached hydrogens (tertiary/aromatic N) is 1. The highest BCUT2D eigenvalue weighted by Crippen LogP contribution is 2.34. The monoisotopic (exact) mass is 379 g/mol. The number of aryl methyl sites for hydroxylation is 1. The minimum atomic E-state index is -0.427. The van der Waals surface area contributed by atoms with Crippen molar-refractivity contribution in [1.29, 1.82) is 0 Å². The first-order valence-electron chi connectivity index (χ1n) is 8.79. The molecule has 1 amide bonds. The van der Waals surface area contributed by atoms with Crippen molar-refractivity contribution in [3.8, 4) is 0 Å². The number of fused-ring (bicyclic) bond motifs is 1. The largest absolute Gasteiger partial charge is 0.444 e. The van der Waals surface area contributed by atoms with Gasteiger partial charge in [0.15, 0.2) is 6.29 Å². The quantitative estimate of drug-likeness (QED) is 0.672. The summed E-state index contributed by atoms with van der Waals surface area (Å²) in [5.41, 5.74) is -0.427. The Labute approximate surface area is 156 Å². The molecular weight excluding hydrogens is 354 g/mol. The zero-order valence-corrected chi connectivity index (χ0v) is 16.7. The Hall–Kier alpha value is -1.40. The molecule has 0 bridgehead atoms. The molecule has 136 valence electrons. The number of carbonyl (C=O) groups is 2. The number of hydrogen-bond acceptors (Lipinski definition) is 5. The van der Waals surface area contributed by atoms with E-state index in [1.54, 1.807) is 22.7 Å². The fourth-order valence-corrected chi connectivity index (χ4v) is 5.43. The second kappa shape index (κ2) is 7.46. The molecule has 1 saturated heterocycles. The fraction of sp³-hybridized carbons (Fsp3) is 0.579. The maximum Gasteiger partial charge on any atom is 0.410 e. The lowest BCUT2D eigenvalue weighted by molar-refractivity contribution is 0.0181. The van der Waals surface area contributed by atoms with Gasteiger partial charge in [-0.25, -0.2) is 4.79 Å². The van der Waals surface area contributed by atoms with E-state index < -0.39 is 5.60 Å². The molecule has 1 fully saturated rings. The minimum absolute atomic E-state index is 0.185. The molecule has 25 heavy (non-hydrogen) atoms. The maximum atomic E-state index is 12.1. The van der Waals surface area contributed by atoms with Crippen molar-refractivity contribution in [3.05, 3.63) is 21.9 Å². The lowest BCUT2D eigenvalue weighted by atomic mass is 9.92. The van der Waals surface area contributed by atoms with Crippen molar-refractivity contribution in [2.45, 2.75) is 52.1 Å². The Balaban J connectivity index is 1.46. The summed E-state index contributed by atoms with van der Waals surface area (Å²) in [4.78, 5) is 27.0. The van der Waals surface area contributed by atoms with Gasteiger partial charge in [-0.15, -0.1) is 22.7 Å². The molecule has 2 aromatic rings. The first-order chi connectivity index (χ1) is 11.8. The van der Waals surface area contributed by atoms with E-state index in [4.69, 9.17) is 4.74 Å². The van der Waals surface area contributed by atoms with Crippen LogP contribution in [0.2, 0.25) is 0 Å². The van der Waals surface area contributed by atoms with Crippen molar-refractivity contribution in [3.63, 3.8) is 0 Å². The van der Waals surface area contributed by atoms with Gasteiger partial charge in [-0.05, 0) is 64.5 Å². The number of thiophene rings is 2. The van der Waals surface area contributed by atoms with E-state index in [0.29, 0.717) is 5.92 Å². The van der Waals surface area contributed by atoms with Crippen molar-refractivity contribution < 1.29 is 14.3 Å². The van der Waals surface area contributed by atoms with Crippen LogP contribution in [0, 0.1) is 5.92 Å². The lowest BCUT2D eigenvalue weighted by Crippen LogP contribution is -2.41. The van der Waals surface area contributed by atoms with Crippen molar-refractivity contribution in [1.82, 2.24) is 4.90 Å². The summed E-state index contributed by atoms with van der Waals surface area (Å²) in [6.45, 7) is 7.30. The van der Waals surface area contributed by atoms with Gasteiger partial charge in [0.05, 0.1) is 4.88 Å². The van der Waals surface area contributed by atoms with E-state index in [1.165, 1.54) is 14.3 Å². The molecule has 0 atom stereocenters. The summed E-state index contributed by atoms with van der Waals surface area (Å²) in [6, 6.07) is 4.22. The van der Waals surface area contributed by atoms with E-state index in [9.17, 15) is 9.59 Å². The van der Waals surface area contributed by atoms with Gasteiger partial charge in [-0.3, -0.25) is 4.79 Å². The molecule has 0 spiro atoms. The summed E-state index contributed by atoms with van der Waals surface area (Å²) in [7, 11) is 0. The third-order valence-corrected chi connectivity index (χ3v) is 6.74. The molecule has 4 nitrogen and oxygen atoms in total. The summed E-state index contributed by atoms with van der Waals surface area (Å²) in [5.74, 6) is 0.671. The molecule has 1 aliphatic heterocycles. The van der Waals surface area contributed by atoms with Gasteiger partial charge in [0, 0.05) is 27.4 Å². The average molecular weight is 380 g/mol. The highest BCUT2D eigenvalue weighted by atomic mass is 32.1. The molecule has 3 heterocycles. The van der Waals surface area contributed by atoms with E-state index in [-0.39, 0.29) is 6.09 Å². The molecule has 0 saturated carbocycles. The number of piperidine rings is 1. The Morgan fingerprint density at radius 1 is 1.24 bits per heavy atom. The van der Waals surface area contributed by atoms with Crippen LogP contribution in [0.5, 0.6) is 0 Å². The molecular formula is C19H25NO3S2. The Bertz CT molecular complexity index is 717. The first kappa shape index (κ1) is 18.4. The molecule has 0 radical (unpaired) electrons. The van der Waals surface area contributed by atoms with Gasteiger partial charge >= 0.3 is 6.09 Å². The summed E-state index contributed by atoms with van der Waals surface area (Å²) < 4.78 is 7.90. The highest BCUT2D eigenvalue weighted by Gasteiger charge is 2.26.